The standard InChI is InChI=1S/C16H19N3O3S/c1-2-23(21,22)19-11-9-18(10-12-19)16(20)15-14-6-4-3-5-13(14)7-8-17-15/h3-8H,2,9-12H2,1H3. The quantitative estimate of drug-likeness (QED) is 0.850. The first-order valence-electron chi connectivity index (χ1n) is 7.64. The topological polar surface area (TPSA) is 70.6 Å². The van der Waals surface area contributed by atoms with E-state index in [4.69, 9.17) is 0 Å². The van der Waals surface area contributed by atoms with Crippen molar-refractivity contribution in [2.75, 3.05) is 31.9 Å². The van der Waals surface area contributed by atoms with Crippen LogP contribution >= 0.6 is 0 Å². The first kappa shape index (κ1) is 15.9. The second kappa shape index (κ2) is 6.25. The average molecular weight is 333 g/mol. The average Bonchev–Trinajstić information content (AvgIpc) is 2.60. The molecule has 122 valence electrons. The fraction of sp³-hybridized carbons (Fsp3) is 0.375. The molecule has 0 unspecified atom stereocenters. The summed E-state index contributed by atoms with van der Waals surface area (Å²) in [5.41, 5.74) is 0.426. The SMILES string of the molecule is CCS(=O)(=O)N1CCN(C(=O)c2nccc3ccccc23)CC1. The molecule has 23 heavy (non-hydrogen) atoms. The molecule has 1 aromatic carbocycles. The van der Waals surface area contributed by atoms with Crippen LogP contribution in [0, 0.1) is 0 Å². The summed E-state index contributed by atoms with van der Waals surface area (Å²) in [6.45, 7) is 3.10. The normalized spacial score (nSPS) is 16.7. The zero-order chi connectivity index (χ0) is 16.4. The van der Waals surface area contributed by atoms with Crippen LogP contribution in [0.4, 0.5) is 0 Å². The Labute approximate surface area is 135 Å². The number of sulfonamides is 1. The molecular formula is C16H19N3O3S. The van der Waals surface area contributed by atoms with E-state index in [-0.39, 0.29) is 11.7 Å². The van der Waals surface area contributed by atoms with Gasteiger partial charge < -0.3 is 4.90 Å². The Kier molecular flexibility index (Phi) is 4.32. The Hall–Kier alpha value is -1.99. The number of hydrogen-bond donors (Lipinski definition) is 0. The van der Waals surface area contributed by atoms with Gasteiger partial charge in [-0.15, -0.1) is 0 Å². The van der Waals surface area contributed by atoms with E-state index in [9.17, 15) is 13.2 Å². The number of piperazine rings is 1. The molecule has 0 N–H and O–H groups in total. The van der Waals surface area contributed by atoms with E-state index in [1.54, 1.807) is 18.0 Å². The molecule has 0 atom stereocenters. The van der Waals surface area contributed by atoms with Crippen LogP contribution in [0.3, 0.4) is 0 Å². The minimum atomic E-state index is -3.19. The minimum Gasteiger partial charge on any atom is -0.335 e. The maximum Gasteiger partial charge on any atom is 0.273 e. The third-order valence-electron chi connectivity index (χ3n) is 4.16. The van der Waals surface area contributed by atoms with E-state index in [2.05, 4.69) is 4.98 Å². The van der Waals surface area contributed by atoms with Gasteiger partial charge in [0.15, 0.2) is 0 Å². The van der Waals surface area contributed by atoms with Crippen molar-refractivity contribution < 1.29 is 13.2 Å². The fourth-order valence-corrected chi connectivity index (χ4v) is 3.88. The van der Waals surface area contributed by atoms with Gasteiger partial charge in [-0.3, -0.25) is 9.78 Å². The molecule has 1 amide bonds. The second-order valence-electron chi connectivity index (χ2n) is 5.47. The molecule has 3 rings (SSSR count). The Morgan fingerprint density at radius 3 is 2.52 bits per heavy atom. The molecule has 0 spiro atoms. The first-order valence-corrected chi connectivity index (χ1v) is 9.24. The molecule has 1 aromatic heterocycles. The summed E-state index contributed by atoms with van der Waals surface area (Å²) < 4.78 is 25.2. The van der Waals surface area contributed by atoms with Crippen LogP contribution in [0.25, 0.3) is 10.8 Å². The summed E-state index contributed by atoms with van der Waals surface area (Å²) in [4.78, 5) is 18.7. The highest BCUT2D eigenvalue weighted by Gasteiger charge is 2.29. The van der Waals surface area contributed by atoms with Gasteiger partial charge in [0.2, 0.25) is 10.0 Å². The zero-order valence-corrected chi connectivity index (χ0v) is 13.8. The van der Waals surface area contributed by atoms with Crippen molar-refractivity contribution in [3.8, 4) is 0 Å². The van der Waals surface area contributed by atoms with Crippen LogP contribution in [0.2, 0.25) is 0 Å². The summed E-state index contributed by atoms with van der Waals surface area (Å²) in [5, 5.41) is 1.79. The summed E-state index contributed by atoms with van der Waals surface area (Å²) in [5.74, 6) is -0.0541. The Bertz CT molecular complexity index is 822. The predicted molar refractivity (Wildman–Crippen MR) is 88.7 cm³/mol. The van der Waals surface area contributed by atoms with Crippen molar-refractivity contribution in [2.24, 2.45) is 0 Å². The number of carbonyl (C=O) groups is 1. The van der Waals surface area contributed by atoms with Gasteiger partial charge in [0.25, 0.3) is 5.91 Å². The molecule has 1 aliphatic heterocycles. The van der Waals surface area contributed by atoms with Crippen molar-refractivity contribution in [2.45, 2.75) is 6.92 Å². The lowest BCUT2D eigenvalue weighted by molar-refractivity contribution is 0.0694. The molecule has 0 bridgehead atoms. The van der Waals surface area contributed by atoms with Crippen molar-refractivity contribution in [3.05, 3.63) is 42.2 Å². The number of nitrogens with zero attached hydrogens (tertiary/aromatic N) is 3. The number of fused-ring (bicyclic) bond motifs is 1. The predicted octanol–water partition coefficient (Wildman–Crippen LogP) is 1.34. The molecule has 0 saturated carbocycles. The lowest BCUT2D eigenvalue weighted by Crippen LogP contribution is -2.51. The number of pyridine rings is 1. The molecule has 2 aromatic rings. The van der Waals surface area contributed by atoms with Crippen molar-refractivity contribution in [1.29, 1.82) is 0 Å². The molecule has 1 aliphatic rings. The summed E-state index contributed by atoms with van der Waals surface area (Å²) >= 11 is 0. The minimum absolute atomic E-state index is 0.0891. The van der Waals surface area contributed by atoms with Gasteiger partial charge in [0.05, 0.1) is 5.75 Å². The molecule has 0 aliphatic carbocycles. The van der Waals surface area contributed by atoms with Crippen molar-refractivity contribution in [1.82, 2.24) is 14.2 Å². The molecule has 1 fully saturated rings. The van der Waals surface area contributed by atoms with E-state index in [1.807, 2.05) is 30.3 Å². The lowest BCUT2D eigenvalue weighted by atomic mass is 10.1. The molecule has 1 saturated heterocycles. The fourth-order valence-electron chi connectivity index (χ4n) is 2.79. The van der Waals surface area contributed by atoms with E-state index in [0.717, 1.165) is 10.8 Å². The molecule has 6 nitrogen and oxygen atoms in total. The van der Waals surface area contributed by atoms with Crippen LogP contribution in [-0.2, 0) is 10.0 Å². The van der Waals surface area contributed by atoms with Crippen LogP contribution in [0.5, 0.6) is 0 Å². The van der Waals surface area contributed by atoms with Gasteiger partial charge >= 0.3 is 0 Å². The van der Waals surface area contributed by atoms with Gasteiger partial charge in [-0.1, -0.05) is 24.3 Å². The summed E-state index contributed by atoms with van der Waals surface area (Å²) in [7, 11) is -3.19. The summed E-state index contributed by atoms with van der Waals surface area (Å²) in [6.07, 6.45) is 1.63. The van der Waals surface area contributed by atoms with E-state index in [1.165, 1.54) is 4.31 Å². The number of rotatable bonds is 3. The number of amides is 1. The third kappa shape index (κ3) is 3.07. The van der Waals surface area contributed by atoms with Gasteiger partial charge in [0.1, 0.15) is 5.69 Å². The highest BCUT2D eigenvalue weighted by Crippen LogP contribution is 2.19. The maximum absolute atomic E-state index is 12.7. The molecule has 0 radical (unpaired) electrons. The molecule has 2 heterocycles. The van der Waals surface area contributed by atoms with Gasteiger partial charge in [-0.2, -0.15) is 4.31 Å². The molecular weight excluding hydrogens is 314 g/mol. The van der Waals surface area contributed by atoms with E-state index >= 15 is 0 Å². The lowest BCUT2D eigenvalue weighted by Gasteiger charge is -2.33. The van der Waals surface area contributed by atoms with Crippen molar-refractivity contribution >= 4 is 26.7 Å². The Balaban J connectivity index is 1.80. The van der Waals surface area contributed by atoms with E-state index < -0.39 is 10.0 Å². The van der Waals surface area contributed by atoms with Gasteiger partial charge in [0, 0.05) is 37.8 Å². The van der Waals surface area contributed by atoms with Crippen LogP contribution in [0.1, 0.15) is 17.4 Å². The van der Waals surface area contributed by atoms with Crippen LogP contribution in [-0.4, -0.2) is 60.4 Å². The highest BCUT2D eigenvalue weighted by molar-refractivity contribution is 7.89. The third-order valence-corrected chi connectivity index (χ3v) is 6.04. The monoisotopic (exact) mass is 333 g/mol. The number of hydrogen-bond acceptors (Lipinski definition) is 4. The second-order valence-corrected chi connectivity index (χ2v) is 7.73. The Morgan fingerprint density at radius 2 is 1.83 bits per heavy atom. The number of carbonyl (C=O) groups excluding carboxylic acids is 1. The number of aromatic nitrogens is 1. The van der Waals surface area contributed by atoms with Gasteiger partial charge in [-0.25, -0.2) is 8.42 Å². The first-order chi connectivity index (χ1) is 11.0. The van der Waals surface area contributed by atoms with Crippen LogP contribution < -0.4 is 0 Å². The molecule has 7 heteroatoms. The summed E-state index contributed by atoms with van der Waals surface area (Å²) in [6, 6.07) is 9.50. The zero-order valence-electron chi connectivity index (χ0n) is 13.0. The smallest absolute Gasteiger partial charge is 0.273 e. The highest BCUT2D eigenvalue weighted by atomic mass is 32.2. The Morgan fingerprint density at radius 1 is 1.13 bits per heavy atom. The van der Waals surface area contributed by atoms with Crippen molar-refractivity contribution in [3.63, 3.8) is 0 Å². The number of benzene rings is 1. The van der Waals surface area contributed by atoms with Gasteiger partial charge in [-0.05, 0) is 18.4 Å². The largest absolute Gasteiger partial charge is 0.335 e. The van der Waals surface area contributed by atoms with Crippen LogP contribution in [0.15, 0.2) is 36.5 Å². The maximum atomic E-state index is 12.7. The van der Waals surface area contributed by atoms with E-state index in [0.29, 0.717) is 31.9 Å².